The van der Waals surface area contributed by atoms with Crippen LogP contribution in [-0.4, -0.2) is 43.3 Å². The summed E-state index contributed by atoms with van der Waals surface area (Å²) in [5.41, 5.74) is 1.93. The van der Waals surface area contributed by atoms with Crippen LogP contribution in [0.25, 0.3) is 0 Å². The first kappa shape index (κ1) is 17.9. The van der Waals surface area contributed by atoms with Crippen LogP contribution in [0.4, 0.5) is 10.5 Å². The van der Waals surface area contributed by atoms with E-state index in [2.05, 4.69) is 40.0 Å². The number of nitrogens with zero attached hydrogens (tertiary/aromatic N) is 1. The van der Waals surface area contributed by atoms with Crippen LogP contribution in [0.3, 0.4) is 0 Å². The molecule has 1 saturated heterocycles. The Bertz CT molecular complexity index is 684. The Morgan fingerprint density at radius 2 is 2.04 bits per heavy atom. The zero-order chi connectivity index (χ0) is 17.6. The smallest absolute Gasteiger partial charge is 0.319 e. The van der Waals surface area contributed by atoms with Crippen molar-refractivity contribution in [3.05, 3.63) is 52.2 Å². The van der Waals surface area contributed by atoms with Crippen LogP contribution in [-0.2, 0) is 4.74 Å². The maximum absolute atomic E-state index is 12.4. The first-order chi connectivity index (χ1) is 12.1. The number of rotatable bonds is 5. The highest BCUT2D eigenvalue weighted by Gasteiger charge is 2.29. The Morgan fingerprint density at radius 1 is 1.24 bits per heavy atom. The normalized spacial score (nSPS) is 17.7. The minimum absolute atomic E-state index is 0.0124. The molecular formula is C19H25N3O2S. The van der Waals surface area contributed by atoms with Gasteiger partial charge in [0.1, 0.15) is 0 Å². The molecule has 6 heteroatoms. The van der Waals surface area contributed by atoms with Crippen molar-refractivity contribution in [1.29, 1.82) is 0 Å². The molecule has 25 heavy (non-hydrogen) atoms. The third kappa shape index (κ3) is 4.81. The van der Waals surface area contributed by atoms with Gasteiger partial charge in [0.2, 0.25) is 0 Å². The lowest BCUT2D eigenvalue weighted by atomic mass is 10.1. The van der Waals surface area contributed by atoms with Gasteiger partial charge in [0.05, 0.1) is 19.3 Å². The zero-order valence-corrected chi connectivity index (χ0v) is 15.5. The topological polar surface area (TPSA) is 53.6 Å². The molecule has 1 aromatic heterocycles. The van der Waals surface area contributed by atoms with E-state index in [1.165, 1.54) is 4.88 Å². The van der Waals surface area contributed by atoms with Crippen LogP contribution in [0.5, 0.6) is 0 Å². The fraction of sp³-hybridized carbons (Fsp3) is 0.421. The maximum atomic E-state index is 12.4. The molecule has 0 radical (unpaired) electrons. The fourth-order valence-corrected chi connectivity index (χ4v) is 4.20. The van der Waals surface area contributed by atoms with Gasteiger partial charge in [-0.05, 0) is 43.0 Å². The van der Waals surface area contributed by atoms with Crippen molar-refractivity contribution in [2.75, 3.05) is 31.6 Å². The molecule has 2 heterocycles. The Labute approximate surface area is 153 Å². The number of aryl methyl sites for hydroxylation is 1. The fourth-order valence-electron chi connectivity index (χ4n) is 3.23. The van der Waals surface area contributed by atoms with Crippen LogP contribution >= 0.6 is 11.3 Å². The largest absolute Gasteiger partial charge is 0.379 e. The summed E-state index contributed by atoms with van der Waals surface area (Å²) in [6.07, 6.45) is 0. The summed E-state index contributed by atoms with van der Waals surface area (Å²) >= 11 is 1.73. The molecule has 0 unspecified atom stereocenters. The summed E-state index contributed by atoms with van der Waals surface area (Å²) in [5.74, 6) is 0. The van der Waals surface area contributed by atoms with Gasteiger partial charge in [-0.1, -0.05) is 18.2 Å². The summed E-state index contributed by atoms with van der Waals surface area (Å²) in [4.78, 5) is 16.1. The molecule has 1 aromatic carbocycles. The van der Waals surface area contributed by atoms with Gasteiger partial charge in [0.15, 0.2) is 0 Å². The van der Waals surface area contributed by atoms with Gasteiger partial charge in [-0.2, -0.15) is 0 Å². The summed E-state index contributed by atoms with van der Waals surface area (Å²) < 4.78 is 5.48. The molecule has 0 saturated carbocycles. The van der Waals surface area contributed by atoms with Gasteiger partial charge in [0.25, 0.3) is 0 Å². The van der Waals surface area contributed by atoms with Crippen molar-refractivity contribution in [1.82, 2.24) is 10.2 Å². The van der Waals surface area contributed by atoms with E-state index >= 15 is 0 Å². The van der Waals surface area contributed by atoms with Crippen molar-refractivity contribution in [2.45, 2.75) is 25.9 Å². The molecule has 0 aliphatic carbocycles. The van der Waals surface area contributed by atoms with E-state index in [0.717, 1.165) is 37.6 Å². The quantitative estimate of drug-likeness (QED) is 0.857. The molecule has 2 atom stereocenters. The number of carbonyl (C=O) groups excluding carboxylic acids is 1. The van der Waals surface area contributed by atoms with Crippen molar-refractivity contribution in [2.24, 2.45) is 0 Å². The first-order valence-corrected chi connectivity index (χ1v) is 9.51. The number of morpholine rings is 1. The number of urea groups is 1. The van der Waals surface area contributed by atoms with Gasteiger partial charge in [-0.25, -0.2) is 4.79 Å². The lowest BCUT2D eigenvalue weighted by molar-refractivity contribution is 0.0106. The number of thiophene rings is 1. The van der Waals surface area contributed by atoms with E-state index in [0.29, 0.717) is 0 Å². The molecule has 1 fully saturated rings. The Morgan fingerprint density at radius 3 is 2.72 bits per heavy atom. The second-order valence-electron chi connectivity index (χ2n) is 6.37. The summed E-state index contributed by atoms with van der Waals surface area (Å²) in [6, 6.07) is 12.0. The van der Waals surface area contributed by atoms with Crippen LogP contribution in [0.1, 0.15) is 23.4 Å². The molecule has 1 aliphatic rings. The monoisotopic (exact) mass is 359 g/mol. The SMILES string of the molecule is Cc1cccc(NC(=O)N[C@H](C)[C@@H](c2cccs2)N2CCOCC2)c1. The van der Waals surface area contributed by atoms with E-state index in [4.69, 9.17) is 4.74 Å². The number of hydrogen-bond donors (Lipinski definition) is 2. The molecule has 134 valence electrons. The zero-order valence-electron chi connectivity index (χ0n) is 14.7. The number of ether oxygens (including phenoxy) is 1. The van der Waals surface area contributed by atoms with Gasteiger partial charge >= 0.3 is 6.03 Å². The standard InChI is InChI=1S/C19H25N3O2S/c1-14-5-3-6-16(13-14)21-19(23)20-15(2)18(17-7-4-12-25-17)22-8-10-24-11-9-22/h3-7,12-13,15,18H,8-11H2,1-2H3,(H2,20,21,23)/t15-,18+/m1/s1. The maximum Gasteiger partial charge on any atom is 0.319 e. The molecule has 2 N–H and O–H groups in total. The van der Waals surface area contributed by atoms with Crippen molar-refractivity contribution in [3.63, 3.8) is 0 Å². The number of benzene rings is 1. The van der Waals surface area contributed by atoms with Gasteiger partial charge in [0, 0.05) is 29.7 Å². The summed E-state index contributed by atoms with van der Waals surface area (Å²) in [5, 5.41) is 8.12. The number of nitrogens with one attached hydrogen (secondary N) is 2. The average Bonchev–Trinajstić information content (AvgIpc) is 3.10. The predicted molar refractivity (Wildman–Crippen MR) is 102 cm³/mol. The Balaban J connectivity index is 1.67. The highest BCUT2D eigenvalue weighted by atomic mass is 32.1. The number of anilines is 1. The molecule has 2 aromatic rings. The molecule has 3 rings (SSSR count). The lowest BCUT2D eigenvalue weighted by Gasteiger charge is -2.37. The van der Waals surface area contributed by atoms with Crippen LogP contribution in [0.2, 0.25) is 0 Å². The minimum Gasteiger partial charge on any atom is -0.379 e. The molecule has 0 bridgehead atoms. The molecule has 2 amide bonds. The number of carbonyl (C=O) groups is 1. The predicted octanol–water partition coefficient (Wildman–Crippen LogP) is 3.64. The highest BCUT2D eigenvalue weighted by molar-refractivity contribution is 7.10. The van der Waals surface area contributed by atoms with Crippen molar-refractivity contribution >= 4 is 23.1 Å². The first-order valence-electron chi connectivity index (χ1n) is 8.63. The van der Waals surface area contributed by atoms with Gasteiger partial charge in [-0.3, -0.25) is 4.90 Å². The van der Waals surface area contributed by atoms with Gasteiger partial charge < -0.3 is 15.4 Å². The second-order valence-corrected chi connectivity index (χ2v) is 7.34. The number of hydrogen-bond acceptors (Lipinski definition) is 4. The third-order valence-corrected chi connectivity index (χ3v) is 5.33. The molecular weight excluding hydrogens is 334 g/mol. The van der Waals surface area contributed by atoms with Gasteiger partial charge in [-0.15, -0.1) is 11.3 Å². The minimum atomic E-state index is -0.173. The van der Waals surface area contributed by atoms with Crippen LogP contribution < -0.4 is 10.6 Å². The Kier molecular flexibility index (Phi) is 6.07. The van der Waals surface area contributed by atoms with E-state index in [1.807, 2.05) is 31.2 Å². The summed E-state index contributed by atoms with van der Waals surface area (Å²) in [7, 11) is 0. The molecule has 0 spiro atoms. The van der Waals surface area contributed by atoms with E-state index in [9.17, 15) is 4.79 Å². The van der Waals surface area contributed by atoms with E-state index in [1.54, 1.807) is 11.3 Å². The second kappa shape index (κ2) is 8.47. The molecule has 5 nitrogen and oxygen atoms in total. The number of amides is 2. The van der Waals surface area contributed by atoms with E-state index < -0.39 is 0 Å². The highest BCUT2D eigenvalue weighted by Crippen LogP contribution is 2.29. The lowest BCUT2D eigenvalue weighted by Crippen LogP contribution is -2.49. The molecule has 1 aliphatic heterocycles. The summed E-state index contributed by atoms with van der Waals surface area (Å²) in [6.45, 7) is 7.32. The van der Waals surface area contributed by atoms with E-state index in [-0.39, 0.29) is 18.1 Å². The third-order valence-electron chi connectivity index (χ3n) is 4.38. The van der Waals surface area contributed by atoms with Crippen molar-refractivity contribution < 1.29 is 9.53 Å². The Hall–Kier alpha value is -1.89. The average molecular weight is 359 g/mol. The van der Waals surface area contributed by atoms with Crippen molar-refractivity contribution in [3.8, 4) is 0 Å². The van der Waals surface area contributed by atoms with Crippen LogP contribution in [0, 0.1) is 6.92 Å². The van der Waals surface area contributed by atoms with Crippen LogP contribution in [0.15, 0.2) is 41.8 Å².